The summed E-state index contributed by atoms with van der Waals surface area (Å²) in [5, 5.41) is 18.9. The Morgan fingerprint density at radius 3 is 2.64 bits per heavy atom. The molecular weight excluding hydrogens is 404 g/mol. The van der Waals surface area contributed by atoms with Crippen LogP contribution in [0.15, 0.2) is 29.4 Å². The van der Waals surface area contributed by atoms with Gasteiger partial charge in [-0.3, -0.25) is 9.36 Å². The highest BCUT2D eigenvalue weighted by molar-refractivity contribution is 7.89. The van der Waals surface area contributed by atoms with Crippen LogP contribution in [0.3, 0.4) is 0 Å². The van der Waals surface area contributed by atoms with Gasteiger partial charge in [0.25, 0.3) is 0 Å². The lowest BCUT2D eigenvalue weighted by molar-refractivity contribution is -0.116. The maximum absolute atomic E-state index is 12.9. The van der Waals surface area contributed by atoms with Crippen LogP contribution in [0, 0.1) is 11.3 Å². The number of hydrogen-bond acceptors (Lipinski definition) is 6. The van der Waals surface area contributed by atoms with Gasteiger partial charge in [-0.2, -0.15) is 9.57 Å². The number of aromatic nitrogens is 3. The van der Waals surface area contributed by atoms with Gasteiger partial charge in [0, 0.05) is 13.1 Å². The molecule has 0 spiro atoms. The molecule has 148 valence electrons. The van der Waals surface area contributed by atoms with Crippen LogP contribution >= 0.6 is 11.6 Å². The number of amides is 1. The zero-order valence-corrected chi connectivity index (χ0v) is 16.6. The lowest BCUT2D eigenvalue weighted by atomic mass is 10.2. The molecule has 0 saturated carbocycles. The highest BCUT2D eigenvalue weighted by Gasteiger charge is 2.26. The van der Waals surface area contributed by atoms with Crippen LogP contribution in [0.1, 0.15) is 31.5 Å². The summed E-state index contributed by atoms with van der Waals surface area (Å²) < 4.78 is 28.6. The number of benzene rings is 1. The summed E-state index contributed by atoms with van der Waals surface area (Å²) >= 11 is 6.14. The SMILES string of the molecule is N#Cc1nncn1CC(=O)Nc1cc(S(=O)(=O)N2CCCCCC2)ccc1Cl. The number of rotatable bonds is 5. The van der Waals surface area contributed by atoms with Crippen molar-refractivity contribution in [3.8, 4) is 6.07 Å². The number of anilines is 1. The first-order chi connectivity index (χ1) is 13.4. The van der Waals surface area contributed by atoms with E-state index in [4.69, 9.17) is 16.9 Å². The molecule has 1 amide bonds. The molecule has 1 saturated heterocycles. The van der Waals surface area contributed by atoms with Crippen molar-refractivity contribution in [1.29, 1.82) is 5.26 Å². The van der Waals surface area contributed by atoms with E-state index in [2.05, 4.69) is 15.5 Å². The van der Waals surface area contributed by atoms with Crippen LogP contribution in [0.5, 0.6) is 0 Å². The number of carbonyl (C=O) groups excluding carboxylic acids is 1. The molecule has 2 heterocycles. The summed E-state index contributed by atoms with van der Waals surface area (Å²) in [6.07, 6.45) is 4.95. The highest BCUT2D eigenvalue weighted by atomic mass is 35.5. The van der Waals surface area contributed by atoms with Gasteiger partial charge in [-0.05, 0) is 31.0 Å². The second kappa shape index (κ2) is 8.68. The molecule has 1 aromatic carbocycles. The van der Waals surface area contributed by atoms with Gasteiger partial charge in [0.15, 0.2) is 0 Å². The fourth-order valence-electron chi connectivity index (χ4n) is 2.99. The molecular formula is C17H19ClN6O3S. The fraction of sp³-hybridized carbons (Fsp3) is 0.412. The molecule has 2 aromatic rings. The van der Waals surface area contributed by atoms with Gasteiger partial charge in [-0.1, -0.05) is 24.4 Å². The monoisotopic (exact) mass is 422 g/mol. The van der Waals surface area contributed by atoms with Crippen molar-refractivity contribution in [2.24, 2.45) is 0 Å². The smallest absolute Gasteiger partial charge is 0.244 e. The number of hydrogen-bond donors (Lipinski definition) is 1. The van der Waals surface area contributed by atoms with Crippen LogP contribution in [-0.2, 0) is 21.4 Å². The fourth-order valence-corrected chi connectivity index (χ4v) is 4.70. The Labute approximate surface area is 168 Å². The standard InChI is InChI=1S/C17H19ClN6O3S/c18-14-6-5-13(28(26,27)24-7-3-1-2-4-8-24)9-15(14)21-17(25)11-23-12-20-22-16(23)10-19/h5-6,9,12H,1-4,7-8,11H2,(H,21,25). The third-order valence-corrected chi connectivity index (χ3v) is 6.67. The van der Waals surface area contributed by atoms with Crippen LogP contribution < -0.4 is 5.32 Å². The number of nitrogens with one attached hydrogen (secondary N) is 1. The van der Waals surface area contributed by atoms with E-state index in [1.54, 1.807) is 0 Å². The number of nitrogens with zero attached hydrogens (tertiary/aromatic N) is 5. The molecule has 1 aliphatic heterocycles. The lowest BCUT2D eigenvalue weighted by Crippen LogP contribution is -2.32. The third kappa shape index (κ3) is 4.49. The van der Waals surface area contributed by atoms with E-state index in [0.717, 1.165) is 25.7 Å². The third-order valence-electron chi connectivity index (χ3n) is 4.44. The van der Waals surface area contributed by atoms with Gasteiger partial charge >= 0.3 is 0 Å². The van der Waals surface area contributed by atoms with E-state index in [1.165, 1.54) is 33.4 Å². The molecule has 11 heteroatoms. The molecule has 1 aromatic heterocycles. The van der Waals surface area contributed by atoms with E-state index in [9.17, 15) is 13.2 Å². The van der Waals surface area contributed by atoms with E-state index in [1.807, 2.05) is 6.07 Å². The normalized spacial score (nSPS) is 15.6. The Balaban J connectivity index is 1.79. The Kier molecular flexibility index (Phi) is 6.28. The Morgan fingerprint density at radius 2 is 1.96 bits per heavy atom. The van der Waals surface area contributed by atoms with Crippen molar-refractivity contribution >= 4 is 33.2 Å². The van der Waals surface area contributed by atoms with E-state index < -0.39 is 15.9 Å². The summed E-state index contributed by atoms with van der Waals surface area (Å²) in [4.78, 5) is 12.4. The number of sulfonamides is 1. The second-order valence-corrected chi connectivity index (χ2v) is 8.75. The number of halogens is 1. The first kappa shape index (κ1) is 20.3. The second-order valence-electron chi connectivity index (χ2n) is 6.40. The minimum atomic E-state index is -3.67. The Bertz CT molecular complexity index is 1010. The van der Waals surface area contributed by atoms with Gasteiger partial charge in [0.2, 0.25) is 21.8 Å². The molecule has 0 unspecified atom stereocenters. The average molecular weight is 423 g/mol. The molecule has 9 nitrogen and oxygen atoms in total. The van der Waals surface area contributed by atoms with E-state index in [0.29, 0.717) is 13.1 Å². The first-order valence-corrected chi connectivity index (χ1v) is 10.6. The maximum Gasteiger partial charge on any atom is 0.244 e. The zero-order chi connectivity index (χ0) is 20.1. The van der Waals surface area contributed by atoms with Crippen LogP contribution in [-0.4, -0.2) is 46.5 Å². The summed E-state index contributed by atoms with van der Waals surface area (Å²) in [5.41, 5.74) is 0.189. The minimum absolute atomic E-state index is 0.00117. The number of carbonyl (C=O) groups is 1. The van der Waals surface area contributed by atoms with Crippen LogP contribution in [0.2, 0.25) is 5.02 Å². The van der Waals surface area contributed by atoms with E-state index in [-0.39, 0.29) is 28.0 Å². The largest absolute Gasteiger partial charge is 0.323 e. The molecule has 1 N–H and O–H groups in total. The van der Waals surface area contributed by atoms with Crippen LogP contribution in [0.25, 0.3) is 0 Å². The van der Waals surface area contributed by atoms with Crippen molar-refractivity contribution in [2.75, 3.05) is 18.4 Å². The Hall–Kier alpha value is -2.48. The van der Waals surface area contributed by atoms with Crippen molar-refractivity contribution in [3.63, 3.8) is 0 Å². The zero-order valence-electron chi connectivity index (χ0n) is 15.0. The predicted octanol–water partition coefficient (Wildman–Crippen LogP) is 2.01. The molecule has 1 aliphatic rings. The molecule has 3 rings (SSSR count). The highest BCUT2D eigenvalue weighted by Crippen LogP contribution is 2.28. The van der Waals surface area contributed by atoms with Crippen molar-refractivity contribution in [3.05, 3.63) is 35.4 Å². The summed E-state index contributed by atoms with van der Waals surface area (Å²) in [6.45, 7) is 0.768. The molecule has 28 heavy (non-hydrogen) atoms. The first-order valence-electron chi connectivity index (χ1n) is 8.79. The topological polar surface area (TPSA) is 121 Å². The maximum atomic E-state index is 12.9. The molecule has 0 atom stereocenters. The lowest BCUT2D eigenvalue weighted by Gasteiger charge is -2.20. The van der Waals surface area contributed by atoms with Gasteiger partial charge in [0.1, 0.15) is 18.9 Å². The molecule has 1 fully saturated rings. The van der Waals surface area contributed by atoms with E-state index >= 15 is 0 Å². The summed E-state index contributed by atoms with van der Waals surface area (Å²) in [7, 11) is -3.67. The van der Waals surface area contributed by atoms with Crippen molar-refractivity contribution in [2.45, 2.75) is 37.1 Å². The van der Waals surface area contributed by atoms with Crippen molar-refractivity contribution < 1.29 is 13.2 Å². The molecule has 0 radical (unpaired) electrons. The number of nitriles is 1. The quantitative estimate of drug-likeness (QED) is 0.786. The summed E-state index contributed by atoms with van der Waals surface area (Å²) in [5.74, 6) is -0.485. The van der Waals surface area contributed by atoms with Gasteiger partial charge in [0.05, 0.1) is 15.6 Å². The average Bonchev–Trinajstić information content (AvgIpc) is 2.92. The van der Waals surface area contributed by atoms with Crippen LogP contribution in [0.4, 0.5) is 5.69 Å². The van der Waals surface area contributed by atoms with Gasteiger partial charge < -0.3 is 5.32 Å². The molecule has 0 bridgehead atoms. The van der Waals surface area contributed by atoms with Gasteiger partial charge in [-0.25, -0.2) is 8.42 Å². The molecule has 0 aliphatic carbocycles. The minimum Gasteiger partial charge on any atom is -0.323 e. The summed E-state index contributed by atoms with van der Waals surface area (Å²) in [6, 6.07) is 6.07. The van der Waals surface area contributed by atoms with Crippen molar-refractivity contribution in [1.82, 2.24) is 19.1 Å². The van der Waals surface area contributed by atoms with Gasteiger partial charge in [-0.15, -0.1) is 10.2 Å². The predicted molar refractivity (Wildman–Crippen MR) is 102 cm³/mol. The Morgan fingerprint density at radius 1 is 1.25 bits per heavy atom.